The molecule has 130 valence electrons. The Bertz CT molecular complexity index is 618. The van der Waals surface area contributed by atoms with Crippen molar-refractivity contribution in [2.24, 2.45) is 5.92 Å². The second kappa shape index (κ2) is 9.25. The van der Waals surface area contributed by atoms with Gasteiger partial charge in [0.2, 0.25) is 15.9 Å². The number of amides is 1. The molecule has 0 aliphatic rings. The lowest BCUT2D eigenvalue weighted by molar-refractivity contribution is -0.121. The van der Waals surface area contributed by atoms with E-state index in [-0.39, 0.29) is 19.0 Å². The first-order valence-corrected chi connectivity index (χ1v) is 9.87. The summed E-state index contributed by atoms with van der Waals surface area (Å²) in [7, 11) is -3.44. The first-order valence-electron chi connectivity index (χ1n) is 7.64. The molecule has 0 atom stereocenters. The van der Waals surface area contributed by atoms with E-state index >= 15 is 0 Å². The van der Waals surface area contributed by atoms with Crippen LogP contribution >= 0.6 is 11.6 Å². The molecule has 0 radical (unpaired) electrons. The Morgan fingerprint density at radius 2 is 2.04 bits per heavy atom. The van der Waals surface area contributed by atoms with Crippen LogP contribution in [0, 0.1) is 5.92 Å². The Balaban J connectivity index is 2.58. The Morgan fingerprint density at radius 3 is 2.61 bits per heavy atom. The number of benzene rings is 1. The average molecular weight is 361 g/mol. The summed E-state index contributed by atoms with van der Waals surface area (Å²) in [6.07, 6.45) is 2.49. The van der Waals surface area contributed by atoms with Crippen LogP contribution in [0.25, 0.3) is 0 Å². The molecule has 1 aromatic carbocycles. The van der Waals surface area contributed by atoms with Crippen molar-refractivity contribution >= 4 is 27.5 Å². The minimum atomic E-state index is -3.44. The Kier molecular flexibility index (Phi) is 8.02. The van der Waals surface area contributed by atoms with Gasteiger partial charge in [0.1, 0.15) is 0 Å². The monoisotopic (exact) mass is 360 g/mol. The Labute approximate surface area is 144 Å². The first-order chi connectivity index (χ1) is 10.7. The number of sulfonamides is 1. The van der Waals surface area contributed by atoms with Crippen molar-refractivity contribution in [2.75, 3.05) is 25.9 Å². The maximum Gasteiger partial charge on any atom is 0.235 e. The molecule has 23 heavy (non-hydrogen) atoms. The van der Waals surface area contributed by atoms with E-state index in [0.29, 0.717) is 23.9 Å². The molecule has 0 aliphatic heterocycles. The highest BCUT2D eigenvalue weighted by atomic mass is 35.5. The summed E-state index contributed by atoms with van der Waals surface area (Å²) in [6, 6.07) is 7.27. The summed E-state index contributed by atoms with van der Waals surface area (Å²) in [5.41, 5.74) is 0.936. The molecule has 0 spiro atoms. The summed E-state index contributed by atoms with van der Waals surface area (Å²) >= 11 is 5.92. The molecule has 1 aromatic rings. The van der Waals surface area contributed by atoms with Crippen LogP contribution in [-0.4, -0.2) is 44.5 Å². The van der Waals surface area contributed by atoms with Crippen LogP contribution in [0.2, 0.25) is 5.02 Å². The lowest BCUT2D eigenvalue weighted by Crippen LogP contribution is -2.41. The van der Waals surface area contributed by atoms with Gasteiger partial charge in [-0.25, -0.2) is 8.42 Å². The normalized spacial score (nSPS) is 11.9. The molecule has 0 saturated carbocycles. The minimum absolute atomic E-state index is 0.155. The summed E-state index contributed by atoms with van der Waals surface area (Å²) < 4.78 is 24.9. The number of hydrogen-bond donors (Lipinski definition) is 1. The standard InChI is InChI=1S/C16H25ClN2O3S/c1-13(2)7-9-18-16(20)12-19(23(3,21)22)10-8-14-5-4-6-15(17)11-14/h4-6,11,13H,7-10,12H2,1-3H3,(H,18,20). The van der Waals surface area contributed by atoms with E-state index in [1.807, 2.05) is 12.1 Å². The zero-order valence-electron chi connectivity index (χ0n) is 13.9. The average Bonchev–Trinajstić information content (AvgIpc) is 2.41. The van der Waals surface area contributed by atoms with Crippen molar-refractivity contribution in [3.8, 4) is 0 Å². The van der Waals surface area contributed by atoms with E-state index in [9.17, 15) is 13.2 Å². The van der Waals surface area contributed by atoms with Crippen LogP contribution in [-0.2, 0) is 21.2 Å². The molecule has 7 heteroatoms. The van der Waals surface area contributed by atoms with Gasteiger partial charge in [0.15, 0.2) is 0 Å². The van der Waals surface area contributed by atoms with Crippen molar-refractivity contribution in [2.45, 2.75) is 26.7 Å². The van der Waals surface area contributed by atoms with Gasteiger partial charge in [0, 0.05) is 18.1 Å². The van der Waals surface area contributed by atoms with Crippen LogP contribution < -0.4 is 5.32 Å². The molecule has 1 rings (SSSR count). The third-order valence-electron chi connectivity index (χ3n) is 3.37. The number of rotatable bonds is 9. The lowest BCUT2D eigenvalue weighted by atomic mass is 10.1. The second-order valence-corrected chi connectivity index (χ2v) is 8.43. The highest BCUT2D eigenvalue weighted by Crippen LogP contribution is 2.12. The molecule has 0 heterocycles. The van der Waals surface area contributed by atoms with E-state index in [4.69, 9.17) is 11.6 Å². The fourth-order valence-corrected chi connectivity index (χ4v) is 3.01. The molecular formula is C16H25ClN2O3S. The van der Waals surface area contributed by atoms with Gasteiger partial charge in [-0.15, -0.1) is 0 Å². The van der Waals surface area contributed by atoms with Gasteiger partial charge in [-0.1, -0.05) is 37.6 Å². The largest absolute Gasteiger partial charge is 0.355 e. The van der Waals surface area contributed by atoms with Crippen molar-refractivity contribution in [3.63, 3.8) is 0 Å². The van der Waals surface area contributed by atoms with Gasteiger partial charge in [-0.3, -0.25) is 4.79 Å². The SMILES string of the molecule is CC(C)CCNC(=O)CN(CCc1cccc(Cl)c1)S(C)(=O)=O. The quantitative estimate of drug-likeness (QED) is 0.734. The molecule has 1 N–H and O–H groups in total. The Morgan fingerprint density at radius 1 is 1.35 bits per heavy atom. The highest BCUT2D eigenvalue weighted by Gasteiger charge is 2.19. The zero-order chi connectivity index (χ0) is 17.5. The van der Waals surface area contributed by atoms with Gasteiger partial charge >= 0.3 is 0 Å². The molecule has 1 amide bonds. The third kappa shape index (κ3) is 8.34. The molecule has 0 aromatic heterocycles. The molecule has 0 fully saturated rings. The Hall–Kier alpha value is -1.11. The van der Waals surface area contributed by atoms with Crippen molar-refractivity contribution in [3.05, 3.63) is 34.9 Å². The van der Waals surface area contributed by atoms with Crippen LogP contribution in [0.5, 0.6) is 0 Å². The van der Waals surface area contributed by atoms with E-state index < -0.39 is 10.0 Å². The zero-order valence-corrected chi connectivity index (χ0v) is 15.5. The minimum Gasteiger partial charge on any atom is -0.355 e. The first kappa shape index (κ1) is 19.9. The number of carbonyl (C=O) groups is 1. The number of nitrogens with one attached hydrogen (secondary N) is 1. The number of halogens is 1. The number of carbonyl (C=O) groups excluding carboxylic acids is 1. The molecule has 0 unspecified atom stereocenters. The molecule has 5 nitrogen and oxygen atoms in total. The van der Waals surface area contributed by atoms with Crippen molar-refractivity contribution < 1.29 is 13.2 Å². The summed E-state index contributed by atoms with van der Waals surface area (Å²) in [6.45, 7) is 4.79. The third-order valence-corrected chi connectivity index (χ3v) is 4.86. The van der Waals surface area contributed by atoms with Crippen LogP contribution in [0.15, 0.2) is 24.3 Å². The molecular weight excluding hydrogens is 336 g/mol. The van der Waals surface area contributed by atoms with Crippen molar-refractivity contribution in [1.29, 1.82) is 0 Å². The fraction of sp³-hybridized carbons (Fsp3) is 0.562. The van der Waals surface area contributed by atoms with E-state index in [0.717, 1.165) is 18.2 Å². The van der Waals surface area contributed by atoms with E-state index in [2.05, 4.69) is 19.2 Å². The van der Waals surface area contributed by atoms with Gasteiger partial charge in [-0.05, 0) is 36.5 Å². The molecule has 0 aliphatic carbocycles. The lowest BCUT2D eigenvalue weighted by Gasteiger charge is -2.19. The maximum absolute atomic E-state index is 11.9. The smallest absolute Gasteiger partial charge is 0.235 e. The van der Waals surface area contributed by atoms with Crippen LogP contribution in [0.4, 0.5) is 0 Å². The van der Waals surface area contributed by atoms with Gasteiger partial charge in [0.25, 0.3) is 0 Å². The highest BCUT2D eigenvalue weighted by molar-refractivity contribution is 7.88. The van der Waals surface area contributed by atoms with Crippen LogP contribution in [0.1, 0.15) is 25.8 Å². The van der Waals surface area contributed by atoms with Crippen LogP contribution in [0.3, 0.4) is 0 Å². The van der Waals surface area contributed by atoms with Gasteiger partial charge in [0.05, 0.1) is 12.8 Å². The second-order valence-electron chi connectivity index (χ2n) is 6.01. The van der Waals surface area contributed by atoms with Gasteiger partial charge in [-0.2, -0.15) is 4.31 Å². The number of nitrogens with zero attached hydrogens (tertiary/aromatic N) is 1. The van der Waals surface area contributed by atoms with E-state index in [1.165, 1.54) is 4.31 Å². The van der Waals surface area contributed by atoms with E-state index in [1.54, 1.807) is 12.1 Å². The predicted octanol–water partition coefficient (Wildman–Crippen LogP) is 2.31. The van der Waals surface area contributed by atoms with Gasteiger partial charge < -0.3 is 5.32 Å². The topological polar surface area (TPSA) is 66.5 Å². The van der Waals surface area contributed by atoms with Crippen molar-refractivity contribution in [1.82, 2.24) is 9.62 Å². The number of hydrogen-bond acceptors (Lipinski definition) is 3. The summed E-state index contributed by atoms with van der Waals surface area (Å²) in [5, 5.41) is 3.37. The summed E-state index contributed by atoms with van der Waals surface area (Å²) in [5.74, 6) is 0.214. The summed E-state index contributed by atoms with van der Waals surface area (Å²) in [4.78, 5) is 11.9. The predicted molar refractivity (Wildman–Crippen MR) is 94.0 cm³/mol. The molecule has 0 saturated heterocycles. The maximum atomic E-state index is 11.9. The fourth-order valence-electron chi connectivity index (χ4n) is 2.02. The molecule has 0 bridgehead atoms.